The van der Waals surface area contributed by atoms with Gasteiger partial charge in [-0.05, 0) is 48.2 Å². The normalized spacial score (nSPS) is 18.2. The Labute approximate surface area is 164 Å². The molecule has 0 spiro atoms. The molecule has 2 N–H and O–H groups in total. The summed E-state index contributed by atoms with van der Waals surface area (Å²) in [5.74, 6) is -1.66. The third kappa shape index (κ3) is 2.62. The highest BCUT2D eigenvalue weighted by Crippen LogP contribution is 2.43. The van der Waals surface area contributed by atoms with Crippen molar-refractivity contribution in [2.24, 2.45) is 0 Å². The van der Waals surface area contributed by atoms with Crippen LogP contribution in [0.3, 0.4) is 0 Å². The van der Waals surface area contributed by atoms with E-state index in [1.807, 2.05) is 0 Å². The molecule has 1 amide bonds. The maximum absolute atomic E-state index is 14.4. The Morgan fingerprint density at radius 1 is 1.21 bits per heavy atom. The second-order valence-electron chi connectivity index (χ2n) is 6.89. The second kappa shape index (κ2) is 6.68. The highest BCUT2D eigenvalue weighted by molar-refractivity contribution is 6.32. The van der Waals surface area contributed by atoms with Crippen LogP contribution in [0.15, 0.2) is 42.6 Å². The van der Waals surface area contributed by atoms with E-state index in [1.54, 1.807) is 30.7 Å². The molecule has 4 rings (SSSR count). The van der Waals surface area contributed by atoms with Crippen molar-refractivity contribution in [2.75, 3.05) is 0 Å². The SMILES string of the molecule is Cc1c(F)cccc1C1(C(=O)NO)Cc2cnn(-c3c(F)cccc3Cl)c2C1. The molecule has 1 heterocycles. The van der Waals surface area contributed by atoms with Gasteiger partial charge in [0.05, 0.1) is 16.6 Å². The largest absolute Gasteiger partial charge is 0.289 e. The zero-order valence-electron chi connectivity index (χ0n) is 14.8. The Bertz CT molecular complexity index is 1080. The number of hydroxylamine groups is 1. The Morgan fingerprint density at radius 3 is 2.64 bits per heavy atom. The van der Waals surface area contributed by atoms with Gasteiger partial charge in [0.2, 0.25) is 0 Å². The van der Waals surface area contributed by atoms with Gasteiger partial charge in [-0.25, -0.2) is 18.9 Å². The van der Waals surface area contributed by atoms with E-state index in [-0.39, 0.29) is 23.6 Å². The number of nitrogens with zero attached hydrogens (tertiary/aromatic N) is 2. The van der Waals surface area contributed by atoms with E-state index in [4.69, 9.17) is 11.6 Å². The van der Waals surface area contributed by atoms with Gasteiger partial charge in [-0.3, -0.25) is 10.0 Å². The molecule has 2 aromatic carbocycles. The van der Waals surface area contributed by atoms with Crippen molar-refractivity contribution in [2.45, 2.75) is 25.2 Å². The van der Waals surface area contributed by atoms with Gasteiger partial charge < -0.3 is 0 Å². The molecule has 0 saturated carbocycles. The highest BCUT2D eigenvalue weighted by Gasteiger charge is 2.48. The lowest BCUT2D eigenvalue weighted by molar-refractivity contribution is -0.135. The molecule has 1 aliphatic carbocycles. The Balaban J connectivity index is 1.88. The maximum Gasteiger partial charge on any atom is 0.254 e. The number of halogens is 3. The standard InChI is InChI=1S/C20H16ClF2N3O2/c1-11-13(4-2-6-15(11)22)20(19(27)25-28)8-12-10-24-26(17(12)9-20)18-14(21)5-3-7-16(18)23/h2-7,10,28H,8-9H2,1H3,(H,25,27). The monoisotopic (exact) mass is 403 g/mol. The Kier molecular flexibility index (Phi) is 4.44. The van der Waals surface area contributed by atoms with Crippen LogP contribution in [0.1, 0.15) is 22.4 Å². The van der Waals surface area contributed by atoms with E-state index >= 15 is 0 Å². The first-order valence-corrected chi connectivity index (χ1v) is 8.97. The van der Waals surface area contributed by atoms with Crippen LogP contribution in [0.25, 0.3) is 5.69 Å². The molecule has 8 heteroatoms. The molecule has 1 unspecified atom stereocenters. The van der Waals surface area contributed by atoms with E-state index in [9.17, 15) is 18.8 Å². The van der Waals surface area contributed by atoms with Crippen molar-refractivity contribution in [3.63, 3.8) is 0 Å². The third-order valence-electron chi connectivity index (χ3n) is 5.39. The highest BCUT2D eigenvalue weighted by atomic mass is 35.5. The van der Waals surface area contributed by atoms with E-state index in [1.165, 1.54) is 28.9 Å². The number of benzene rings is 2. The van der Waals surface area contributed by atoms with E-state index < -0.39 is 23.0 Å². The minimum Gasteiger partial charge on any atom is -0.289 e. The van der Waals surface area contributed by atoms with Gasteiger partial charge in [0.1, 0.15) is 17.3 Å². The fourth-order valence-corrected chi connectivity index (χ4v) is 4.25. The zero-order valence-corrected chi connectivity index (χ0v) is 15.6. The van der Waals surface area contributed by atoms with Gasteiger partial charge in [-0.15, -0.1) is 0 Å². The molecule has 1 aliphatic rings. The van der Waals surface area contributed by atoms with Gasteiger partial charge in [0, 0.05) is 12.1 Å². The number of para-hydroxylation sites is 1. The first-order chi connectivity index (χ1) is 13.4. The van der Waals surface area contributed by atoms with Crippen LogP contribution >= 0.6 is 11.6 Å². The van der Waals surface area contributed by atoms with Gasteiger partial charge in [0.15, 0.2) is 0 Å². The van der Waals surface area contributed by atoms with Crippen LogP contribution < -0.4 is 5.48 Å². The molecule has 144 valence electrons. The first-order valence-electron chi connectivity index (χ1n) is 8.59. The summed E-state index contributed by atoms with van der Waals surface area (Å²) in [4.78, 5) is 12.7. The van der Waals surface area contributed by atoms with Crippen LogP contribution in [0, 0.1) is 18.6 Å². The molecule has 0 radical (unpaired) electrons. The number of carbonyl (C=O) groups is 1. The number of carbonyl (C=O) groups excluding carboxylic acids is 1. The van der Waals surface area contributed by atoms with E-state index in [0.29, 0.717) is 22.4 Å². The topological polar surface area (TPSA) is 67.2 Å². The number of aromatic nitrogens is 2. The number of rotatable bonds is 3. The van der Waals surface area contributed by atoms with Crippen LogP contribution in [-0.2, 0) is 23.1 Å². The van der Waals surface area contributed by atoms with Crippen molar-refractivity contribution in [3.05, 3.63) is 81.6 Å². The van der Waals surface area contributed by atoms with Crippen molar-refractivity contribution < 1.29 is 18.8 Å². The average Bonchev–Trinajstić information content (AvgIpc) is 3.22. The van der Waals surface area contributed by atoms with Crippen molar-refractivity contribution in [1.29, 1.82) is 0 Å². The molecular weight excluding hydrogens is 388 g/mol. The van der Waals surface area contributed by atoms with Crippen molar-refractivity contribution in [3.8, 4) is 5.69 Å². The quantitative estimate of drug-likeness (QED) is 0.518. The lowest BCUT2D eigenvalue weighted by Crippen LogP contribution is -2.45. The van der Waals surface area contributed by atoms with Crippen molar-refractivity contribution in [1.82, 2.24) is 15.3 Å². The third-order valence-corrected chi connectivity index (χ3v) is 5.69. The predicted octanol–water partition coefficient (Wildman–Crippen LogP) is 3.65. The fraction of sp³-hybridized carbons (Fsp3) is 0.200. The van der Waals surface area contributed by atoms with Gasteiger partial charge >= 0.3 is 0 Å². The van der Waals surface area contributed by atoms with Gasteiger partial charge in [-0.2, -0.15) is 5.10 Å². The lowest BCUT2D eigenvalue weighted by Gasteiger charge is -2.29. The minimum atomic E-state index is -1.24. The molecule has 1 aromatic heterocycles. The molecule has 28 heavy (non-hydrogen) atoms. The second-order valence-corrected chi connectivity index (χ2v) is 7.29. The van der Waals surface area contributed by atoms with E-state index in [0.717, 1.165) is 0 Å². The minimum absolute atomic E-state index is 0.0848. The van der Waals surface area contributed by atoms with Crippen LogP contribution in [0.4, 0.5) is 8.78 Å². The van der Waals surface area contributed by atoms with Crippen LogP contribution in [0.2, 0.25) is 5.02 Å². The number of nitrogens with one attached hydrogen (secondary N) is 1. The van der Waals surface area contributed by atoms with Crippen molar-refractivity contribution >= 4 is 17.5 Å². The first kappa shape index (κ1) is 18.6. The number of hydrogen-bond acceptors (Lipinski definition) is 3. The number of amides is 1. The summed E-state index contributed by atoms with van der Waals surface area (Å²) in [6, 6.07) is 8.80. The summed E-state index contributed by atoms with van der Waals surface area (Å²) in [6.07, 6.45) is 1.83. The zero-order chi connectivity index (χ0) is 20.1. The summed E-state index contributed by atoms with van der Waals surface area (Å²) >= 11 is 6.18. The maximum atomic E-state index is 14.4. The molecule has 0 fully saturated rings. The Hall–Kier alpha value is -2.77. The van der Waals surface area contributed by atoms with E-state index in [2.05, 4.69) is 5.10 Å². The lowest BCUT2D eigenvalue weighted by atomic mass is 9.75. The molecule has 5 nitrogen and oxygen atoms in total. The van der Waals surface area contributed by atoms with Gasteiger partial charge in [0.25, 0.3) is 5.91 Å². The fourth-order valence-electron chi connectivity index (χ4n) is 4.01. The van der Waals surface area contributed by atoms with Crippen LogP contribution in [0.5, 0.6) is 0 Å². The summed E-state index contributed by atoms with van der Waals surface area (Å²) in [5.41, 5.74) is 2.61. The molecule has 3 aromatic rings. The molecule has 0 aliphatic heterocycles. The molecule has 0 bridgehead atoms. The van der Waals surface area contributed by atoms with Gasteiger partial charge in [-0.1, -0.05) is 29.8 Å². The summed E-state index contributed by atoms with van der Waals surface area (Å²) in [6.45, 7) is 1.58. The molecule has 1 atom stereocenters. The summed E-state index contributed by atoms with van der Waals surface area (Å²) in [7, 11) is 0. The predicted molar refractivity (Wildman–Crippen MR) is 98.7 cm³/mol. The molecular formula is C20H16ClF2N3O2. The smallest absolute Gasteiger partial charge is 0.254 e. The number of fused-ring (bicyclic) bond motifs is 1. The number of hydrogen-bond donors (Lipinski definition) is 2. The summed E-state index contributed by atoms with van der Waals surface area (Å²) in [5, 5.41) is 13.8. The Morgan fingerprint density at radius 2 is 1.93 bits per heavy atom. The molecule has 0 saturated heterocycles. The summed E-state index contributed by atoms with van der Waals surface area (Å²) < 4.78 is 30.0. The average molecular weight is 404 g/mol. The van der Waals surface area contributed by atoms with Crippen LogP contribution in [-0.4, -0.2) is 20.9 Å².